The van der Waals surface area contributed by atoms with Crippen LogP contribution in [-0.2, 0) is 23.7 Å². The topological polar surface area (TPSA) is 236 Å². The minimum atomic E-state index is -2.37. The highest BCUT2D eigenvalue weighted by molar-refractivity contribution is 5.70. The summed E-state index contributed by atoms with van der Waals surface area (Å²) in [7, 11) is 1.05. The highest BCUT2D eigenvalue weighted by Crippen LogP contribution is 2.42. The third-order valence-electron chi connectivity index (χ3n) is 9.16. The van der Waals surface area contributed by atoms with E-state index >= 15 is 0 Å². The molecular weight excluding hydrogens is 644 g/mol. The van der Waals surface area contributed by atoms with E-state index in [1.54, 1.807) is 0 Å². The second kappa shape index (κ2) is 18.2. The number of carbonyl (C=O) groups excluding carboxylic acids is 1. The minimum Gasteiger partial charge on any atom is -0.463 e. The Bertz CT molecular complexity index is 991. The lowest BCUT2D eigenvalue weighted by atomic mass is 9.69. The zero-order valence-corrected chi connectivity index (χ0v) is 31.5. The molecule has 14 heteroatoms. The summed E-state index contributed by atoms with van der Waals surface area (Å²) in [6, 6.07) is 0. The van der Waals surface area contributed by atoms with Crippen LogP contribution >= 0.6 is 0 Å². The lowest BCUT2D eigenvalue weighted by Crippen LogP contribution is -2.64. The van der Waals surface area contributed by atoms with E-state index in [-0.39, 0.29) is 17.3 Å². The second-order valence-corrected chi connectivity index (χ2v) is 17.7. The lowest BCUT2D eigenvalue weighted by molar-refractivity contribution is -0.395. The molecule has 14 nitrogen and oxygen atoms in total. The third kappa shape index (κ3) is 14.1. The van der Waals surface area contributed by atoms with Crippen LogP contribution < -0.4 is 0 Å². The number of methoxy groups -OCH3 is 1. The maximum atomic E-state index is 13.0. The summed E-state index contributed by atoms with van der Waals surface area (Å²) in [6.07, 6.45) is -12.1. The maximum Gasteiger partial charge on any atom is 0.306 e. The summed E-state index contributed by atoms with van der Waals surface area (Å²) in [5.74, 6) is -3.88. The Balaban J connectivity index is 2.88. The van der Waals surface area contributed by atoms with Crippen molar-refractivity contribution in [3.63, 3.8) is 0 Å². The first-order valence-corrected chi connectivity index (χ1v) is 17.2. The molecule has 0 aliphatic carbocycles. The van der Waals surface area contributed by atoms with Gasteiger partial charge in [0.25, 0.3) is 0 Å². The quantitative estimate of drug-likeness (QED) is 0.0629. The molecule has 10 unspecified atom stereocenters. The normalized spacial score (nSPS) is 27.1. The van der Waals surface area contributed by atoms with Gasteiger partial charge < -0.3 is 64.9 Å². The van der Waals surface area contributed by atoms with Crippen molar-refractivity contribution in [1.82, 2.24) is 0 Å². The van der Waals surface area contributed by atoms with E-state index < -0.39 is 103 Å². The molecule has 1 aliphatic heterocycles. The van der Waals surface area contributed by atoms with Gasteiger partial charge in [-0.25, -0.2) is 0 Å². The van der Waals surface area contributed by atoms with Gasteiger partial charge in [0.15, 0.2) is 6.29 Å². The van der Waals surface area contributed by atoms with Crippen LogP contribution in [0.5, 0.6) is 0 Å². The van der Waals surface area contributed by atoms with Gasteiger partial charge in [0.2, 0.25) is 5.79 Å². The zero-order valence-electron chi connectivity index (χ0n) is 31.5. The van der Waals surface area contributed by atoms with Crippen molar-refractivity contribution < 1.29 is 69.7 Å². The summed E-state index contributed by atoms with van der Waals surface area (Å²) in [4.78, 5) is 13.0. The predicted molar refractivity (Wildman–Crippen MR) is 180 cm³/mol. The third-order valence-corrected chi connectivity index (χ3v) is 9.16. The Morgan fingerprint density at radius 2 is 1.29 bits per heavy atom. The van der Waals surface area contributed by atoms with Gasteiger partial charge in [0.05, 0.1) is 24.7 Å². The zero-order chi connectivity index (χ0) is 38.3. The highest BCUT2D eigenvalue weighted by atomic mass is 16.8. The van der Waals surface area contributed by atoms with E-state index in [0.717, 1.165) is 13.5 Å². The summed E-state index contributed by atoms with van der Waals surface area (Å²) in [6.45, 7) is 17.6. The van der Waals surface area contributed by atoms with Crippen LogP contribution in [0.2, 0.25) is 0 Å². The molecule has 0 aromatic carbocycles. The van der Waals surface area contributed by atoms with Crippen molar-refractivity contribution in [3.8, 4) is 0 Å². The number of aliphatic hydroxyl groups is 9. The van der Waals surface area contributed by atoms with Crippen molar-refractivity contribution in [2.75, 3.05) is 26.9 Å². The van der Waals surface area contributed by atoms with Crippen molar-refractivity contribution in [2.24, 2.45) is 27.6 Å². The fraction of sp³-hybridized carbons (Fsp3) is 0.971. The molecule has 0 aromatic rings. The Labute approximate surface area is 292 Å². The van der Waals surface area contributed by atoms with Crippen LogP contribution in [0.1, 0.15) is 101 Å². The Morgan fingerprint density at radius 3 is 1.73 bits per heavy atom. The van der Waals surface area contributed by atoms with Gasteiger partial charge in [-0.3, -0.25) is 4.79 Å². The van der Waals surface area contributed by atoms with Crippen molar-refractivity contribution in [3.05, 3.63) is 0 Å². The standard InChI is InChI=1S/C35H68O14/c1-20(15-36)25(41)29(45)35(19-37,46-11)49-30-28(44)27(43)26(42)23(48-30)16-47-24(40)14-34(9,10)18-33(7,8)13-22(39)21(38)12-32(5,6)17-31(2,3)4/h20-23,25-30,36-39,41-45H,12-19H2,1-11H3/t20?,21?,22?,23?,25?,26?,27?,28?,29?,30?,35-/m0/s1. The molecule has 0 radical (unpaired) electrons. The summed E-state index contributed by atoms with van der Waals surface area (Å²) < 4.78 is 21.7. The predicted octanol–water partition coefficient (Wildman–Crippen LogP) is 0.836. The number of hydrogen-bond donors (Lipinski definition) is 9. The molecular formula is C35H68O14. The lowest BCUT2D eigenvalue weighted by Gasteiger charge is -2.45. The number of aliphatic hydroxyl groups excluding tert-OH is 9. The molecule has 1 heterocycles. The summed E-state index contributed by atoms with van der Waals surface area (Å²) in [5, 5.41) is 94.0. The molecule has 292 valence electrons. The molecule has 1 aliphatic rings. The molecule has 9 N–H and O–H groups in total. The minimum absolute atomic E-state index is 0.0496. The number of hydrogen-bond acceptors (Lipinski definition) is 14. The van der Waals surface area contributed by atoms with E-state index in [4.69, 9.17) is 18.9 Å². The number of rotatable bonds is 20. The Kier molecular flexibility index (Phi) is 17.0. The second-order valence-electron chi connectivity index (χ2n) is 17.7. The summed E-state index contributed by atoms with van der Waals surface area (Å²) >= 11 is 0. The van der Waals surface area contributed by atoms with Gasteiger partial charge in [0, 0.05) is 19.6 Å². The van der Waals surface area contributed by atoms with Gasteiger partial charge in [-0.1, -0.05) is 69.2 Å². The van der Waals surface area contributed by atoms with Crippen molar-refractivity contribution in [1.29, 1.82) is 0 Å². The molecule has 0 spiro atoms. The monoisotopic (exact) mass is 712 g/mol. The van der Waals surface area contributed by atoms with Crippen LogP contribution in [-0.4, -0.2) is 140 Å². The van der Waals surface area contributed by atoms with Crippen LogP contribution in [0.4, 0.5) is 0 Å². The van der Waals surface area contributed by atoms with Gasteiger partial charge in [0.1, 0.15) is 43.7 Å². The average Bonchev–Trinajstić information content (AvgIpc) is 2.95. The molecule has 0 bridgehead atoms. The van der Waals surface area contributed by atoms with Gasteiger partial charge >= 0.3 is 5.97 Å². The van der Waals surface area contributed by atoms with Gasteiger partial charge in [-0.2, -0.15) is 0 Å². The van der Waals surface area contributed by atoms with E-state index in [9.17, 15) is 50.8 Å². The average molecular weight is 713 g/mol. The smallest absolute Gasteiger partial charge is 0.306 e. The van der Waals surface area contributed by atoms with E-state index in [1.165, 1.54) is 6.92 Å². The van der Waals surface area contributed by atoms with E-state index in [1.807, 2.05) is 27.7 Å². The molecule has 1 fully saturated rings. The van der Waals surface area contributed by atoms with E-state index in [0.29, 0.717) is 19.3 Å². The molecule has 11 atom stereocenters. The Morgan fingerprint density at radius 1 is 0.776 bits per heavy atom. The first-order chi connectivity index (χ1) is 22.1. The van der Waals surface area contributed by atoms with Crippen LogP contribution in [0.15, 0.2) is 0 Å². The number of esters is 1. The number of carbonyl (C=O) groups is 1. The highest BCUT2D eigenvalue weighted by Gasteiger charge is 2.52. The fourth-order valence-corrected chi connectivity index (χ4v) is 7.42. The number of ether oxygens (including phenoxy) is 4. The van der Waals surface area contributed by atoms with Crippen LogP contribution in [0.25, 0.3) is 0 Å². The first kappa shape index (κ1) is 46.0. The molecule has 0 amide bonds. The SMILES string of the molecule is CO[C@@](CO)(OC1OC(COC(=O)CC(C)(C)CC(C)(C)CC(O)C(O)CC(C)(C)CC(C)(C)C)C(O)C(O)C1O)C(O)C(O)C(C)CO. The molecule has 1 rings (SSSR count). The fourth-order valence-electron chi connectivity index (χ4n) is 7.42. The van der Waals surface area contributed by atoms with Crippen LogP contribution in [0, 0.1) is 27.6 Å². The maximum absolute atomic E-state index is 13.0. The Hall–Kier alpha value is -1.01. The largest absolute Gasteiger partial charge is 0.463 e. The first-order valence-electron chi connectivity index (χ1n) is 17.2. The van der Waals surface area contributed by atoms with Crippen LogP contribution in [0.3, 0.4) is 0 Å². The molecule has 1 saturated heterocycles. The molecule has 0 aromatic heterocycles. The molecule has 0 saturated carbocycles. The van der Waals surface area contributed by atoms with Crippen molar-refractivity contribution in [2.45, 2.75) is 162 Å². The van der Waals surface area contributed by atoms with Gasteiger partial charge in [-0.15, -0.1) is 0 Å². The van der Waals surface area contributed by atoms with Gasteiger partial charge in [-0.05, 0) is 47.3 Å². The molecule has 49 heavy (non-hydrogen) atoms. The van der Waals surface area contributed by atoms with E-state index in [2.05, 4.69) is 34.6 Å². The van der Waals surface area contributed by atoms with Crippen molar-refractivity contribution >= 4 is 5.97 Å². The summed E-state index contributed by atoms with van der Waals surface area (Å²) in [5.41, 5.74) is -1.16.